The first-order valence-corrected chi connectivity index (χ1v) is 6.24. The van der Waals surface area contributed by atoms with Gasteiger partial charge in [0, 0.05) is 5.56 Å². The molecule has 1 aromatic carbocycles. The summed E-state index contributed by atoms with van der Waals surface area (Å²) in [6.07, 6.45) is 2.66. The Bertz CT molecular complexity index is 383. The van der Waals surface area contributed by atoms with Gasteiger partial charge in [-0.05, 0) is 63.2 Å². The fraction of sp³-hybridized carbons (Fsp3) is 0.571. The highest BCUT2D eigenvalue weighted by molar-refractivity contribution is 5.32. The van der Waals surface area contributed by atoms with Crippen LogP contribution >= 0.6 is 0 Å². The third-order valence-electron chi connectivity index (χ3n) is 3.55. The zero-order chi connectivity index (χ0) is 12.4. The van der Waals surface area contributed by atoms with Crippen LogP contribution in [0.5, 0.6) is 0 Å². The smallest absolute Gasteiger partial charge is 0.132 e. The average Bonchev–Trinajstić information content (AvgIpc) is 2.33. The lowest BCUT2D eigenvalue weighted by molar-refractivity contribution is 0.366. The number of hydrogen-bond donors (Lipinski definition) is 1. The third-order valence-corrected chi connectivity index (χ3v) is 3.55. The average molecular weight is 239 g/mol. The lowest BCUT2D eigenvalue weighted by Gasteiger charge is -2.23. The molecule has 17 heavy (non-hydrogen) atoms. The quantitative estimate of drug-likeness (QED) is 0.836. The maximum Gasteiger partial charge on any atom is 0.132 e. The highest BCUT2D eigenvalue weighted by Gasteiger charge is 2.20. The van der Waals surface area contributed by atoms with E-state index in [-0.39, 0.29) is 17.2 Å². The first-order chi connectivity index (χ1) is 8.09. The molecule has 0 radical (unpaired) electrons. The second kappa shape index (κ2) is 5.13. The van der Waals surface area contributed by atoms with E-state index in [1.54, 1.807) is 19.9 Å². The maximum absolute atomic E-state index is 13.9. The van der Waals surface area contributed by atoms with Gasteiger partial charge in [-0.1, -0.05) is 6.07 Å². The number of halogens is 2. The van der Waals surface area contributed by atoms with Crippen LogP contribution in [-0.4, -0.2) is 13.1 Å². The second-order valence-electron chi connectivity index (χ2n) is 5.03. The minimum absolute atomic E-state index is 0.274. The van der Waals surface area contributed by atoms with Crippen molar-refractivity contribution in [1.82, 2.24) is 5.32 Å². The molecule has 1 aromatic rings. The molecular formula is C14H19F2N. The molecule has 3 heteroatoms. The molecule has 1 unspecified atom stereocenters. The fourth-order valence-electron chi connectivity index (χ4n) is 2.59. The van der Waals surface area contributed by atoms with Crippen LogP contribution in [0.4, 0.5) is 8.78 Å². The summed E-state index contributed by atoms with van der Waals surface area (Å²) in [5.74, 6) is -0.369. The molecule has 0 amide bonds. The van der Waals surface area contributed by atoms with Crippen LogP contribution in [0.1, 0.15) is 29.5 Å². The van der Waals surface area contributed by atoms with Crippen molar-refractivity contribution in [2.75, 3.05) is 13.1 Å². The summed E-state index contributed by atoms with van der Waals surface area (Å²) >= 11 is 0. The van der Waals surface area contributed by atoms with Crippen LogP contribution in [0, 0.1) is 31.4 Å². The maximum atomic E-state index is 13.9. The Labute approximate surface area is 101 Å². The minimum atomic E-state index is -0.362. The Morgan fingerprint density at radius 2 is 1.88 bits per heavy atom. The largest absolute Gasteiger partial charge is 0.316 e. The number of aryl methyl sites for hydroxylation is 2. The van der Waals surface area contributed by atoms with Crippen LogP contribution in [0.15, 0.2) is 6.07 Å². The molecule has 0 aliphatic carbocycles. The van der Waals surface area contributed by atoms with Crippen LogP contribution in [0.2, 0.25) is 0 Å². The summed E-state index contributed by atoms with van der Waals surface area (Å²) < 4.78 is 27.9. The third kappa shape index (κ3) is 2.65. The molecule has 0 spiro atoms. The Kier molecular flexibility index (Phi) is 3.77. The monoisotopic (exact) mass is 239 g/mol. The Hall–Kier alpha value is -0.960. The van der Waals surface area contributed by atoms with Gasteiger partial charge in [-0.25, -0.2) is 8.78 Å². The van der Waals surface area contributed by atoms with Crippen molar-refractivity contribution in [2.45, 2.75) is 33.1 Å². The van der Waals surface area contributed by atoms with E-state index in [2.05, 4.69) is 5.32 Å². The first-order valence-electron chi connectivity index (χ1n) is 6.24. The van der Waals surface area contributed by atoms with Crippen LogP contribution in [0.3, 0.4) is 0 Å². The van der Waals surface area contributed by atoms with Crippen LogP contribution in [-0.2, 0) is 6.42 Å². The number of hydrogen-bond acceptors (Lipinski definition) is 1. The summed E-state index contributed by atoms with van der Waals surface area (Å²) in [5, 5.41) is 3.28. The van der Waals surface area contributed by atoms with Crippen molar-refractivity contribution in [3.63, 3.8) is 0 Å². The molecule has 1 nitrogen and oxygen atoms in total. The fourth-order valence-corrected chi connectivity index (χ4v) is 2.59. The molecule has 1 heterocycles. The molecule has 1 aliphatic rings. The van der Waals surface area contributed by atoms with Gasteiger partial charge in [0.2, 0.25) is 0 Å². The summed E-state index contributed by atoms with van der Waals surface area (Å²) in [7, 11) is 0. The summed E-state index contributed by atoms with van der Waals surface area (Å²) in [6.45, 7) is 5.29. The molecular weight excluding hydrogens is 220 g/mol. The molecule has 1 atom stereocenters. The van der Waals surface area contributed by atoms with Crippen molar-refractivity contribution in [3.05, 3.63) is 34.4 Å². The van der Waals surface area contributed by atoms with Gasteiger partial charge in [-0.3, -0.25) is 0 Å². The van der Waals surface area contributed by atoms with E-state index in [1.165, 1.54) is 0 Å². The summed E-state index contributed by atoms with van der Waals surface area (Å²) in [4.78, 5) is 0. The zero-order valence-corrected chi connectivity index (χ0v) is 10.4. The lowest BCUT2D eigenvalue weighted by Crippen LogP contribution is -2.31. The second-order valence-corrected chi connectivity index (χ2v) is 5.03. The van der Waals surface area contributed by atoms with E-state index in [0.29, 0.717) is 23.5 Å². The van der Waals surface area contributed by atoms with Crippen LogP contribution in [0.25, 0.3) is 0 Å². The first kappa shape index (κ1) is 12.5. The van der Waals surface area contributed by atoms with E-state index in [4.69, 9.17) is 0 Å². The molecule has 1 fully saturated rings. The number of benzene rings is 1. The van der Waals surface area contributed by atoms with E-state index < -0.39 is 0 Å². The molecule has 1 N–H and O–H groups in total. The van der Waals surface area contributed by atoms with Gasteiger partial charge < -0.3 is 5.32 Å². The standard InChI is InChI=1S/C14H19F2N/c1-9-6-10(2)14(16)12(13(9)15)7-11-4-3-5-17-8-11/h6,11,17H,3-5,7-8H2,1-2H3. The topological polar surface area (TPSA) is 12.0 Å². The Morgan fingerprint density at radius 1 is 1.24 bits per heavy atom. The number of rotatable bonds is 2. The van der Waals surface area contributed by atoms with Gasteiger partial charge in [0.15, 0.2) is 0 Å². The summed E-state index contributed by atoms with van der Waals surface area (Å²) in [5.41, 5.74) is 1.36. The summed E-state index contributed by atoms with van der Waals surface area (Å²) in [6, 6.07) is 1.58. The zero-order valence-electron chi connectivity index (χ0n) is 10.4. The minimum Gasteiger partial charge on any atom is -0.316 e. The van der Waals surface area contributed by atoms with Crippen molar-refractivity contribution >= 4 is 0 Å². The predicted molar refractivity (Wildman–Crippen MR) is 65.1 cm³/mol. The van der Waals surface area contributed by atoms with E-state index >= 15 is 0 Å². The van der Waals surface area contributed by atoms with Gasteiger partial charge in [0.1, 0.15) is 11.6 Å². The Balaban J connectivity index is 2.24. The highest BCUT2D eigenvalue weighted by atomic mass is 19.1. The van der Waals surface area contributed by atoms with E-state index in [9.17, 15) is 8.78 Å². The SMILES string of the molecule is Cc1cc(C)c(F)c(CC2CCCNC2)c1F. The van der Waals surface area contributed by atoms with Gasteiger partial charge in [0.25, 0.3) is 0 Å². The normalized spacial score (nSPS) is 20.6. The van der Waals surface area contributed by atoms with Crippen molar-refractivity contribution in [3.8, 4) is 0 Å². The van der Waals surface area contributed by atoms with Crippen molar-refractivity contribution in [1.29, 1.82) is 0 Å². The van der Waals surface area contributed by atoms with E-state index in [0.717, 1.165) is 25.9 Å². The number of piperidine rings is 1. The van der Waals surface area contributed by atoms with Gasteiger partial charge in [-0.15, -0.1) is 0 Å². The number of nitrogens with one attached hydrogen (secondary N) is 1. The lowest BCUT2D eigenvalue weighted by atomic mass is 9.90. The highest BCUT2D eigenvalue weighted by Crippen LogP contribution is 2.25. The van der Waals surface area contributed by atoms with Crippen LogP contribution < -0.4 is 5.32 Å². The van der Waals surface area contributed by atoms with Gasteiger partial charge in [-0.2, -0.15) is 0 Å². The Morgan fingerprint density at radius 3 is 2.41 bits per heavy atom. The van der Waals surface area contributed by atoms with Crippen molar-refractivity contribution in [2.24, 2.45) is 5.92 Å². The van der Waals surface area contributed by atoms with Gasteiger partial charge >= 0.3 is 0 Å². The molecule has 2 rings (SSSR count). The molecule has 1 aliphatic heterocycles. The van der Waals surface area contributed by atoms with Gasteiger partial charge in [0.05, 0.1) is 0 Å². The molecule has 94 valence electrons. The molecule has 0 aromatic heterocycles. The van der Waals surface area contributed by atoms with E-state index in [1.807, 2.05) is 0 Å². The molecule has 0 saturated carbocycles. The van der Waals surface area contributed by atoms with Crippen molar-refractivity contribution < 1.29 is 8.78 Å². The predicted octanol–water partition coefficient (Wildman–Crippen LogP) is 3.12. The molecule has 0 bridgehead atoms. The molecule has 1 saturated heterocycles.